The number of nitrogens with zero attached hydrogens (tertiary/aromatic N) is 2. The number of amides is 5. The summed E-state index contributed by atoms with van der Waals surface area (Å²) in [6.07, 6.45) is 1.92. The SMILES string of the molecule is O=C(CCNC(=O)CCSSc1ccccn1)NCCC(=O)NCCC(=O)ON1C(=O)CCC1=O. The zero-order valence-electron chi connectivity index (χ0n) is 18.9. The maximum atomic E-state index is 11.8. The lowest BCUT2D eigenvalue weighted by Gasteiger charge is -2.12. The topological polar surface area (TPSA) is 164 Å². The third-order valence-corrected chi connectivity index (χ3v) is 6.66. The number of pyridine rings is 1. The molecule has 2 rings (SSSR count). The molecule has 3 N–H and O–H groups in total. The van der Waals surface area contributed by atoms with Gasteiger partial charge in [0.1, 0.15) is 5.03 Å². The van der Waals surface area contributed by atoms with Gasteiger partial charge in [0.25, 0.3) is 11.8 Å². The number of hydrogen-bond acceptors (Lipinski definition) is 10. The van der Waals surface area contributed by atoms with Crippen molar-refractivity contribution in [3.8, 4) is 0 Å². The molecule has 0 bridgehead atoms. The number of hydrogen-bond donors (Lipinski definition) is 3. The van der Waals surface area contributed by atoms with Crippen molar-refractivity contribution >= 4 is 57.1 Å². The first-order chi connectivity index (χ1) is 16.8. The third kappa shape index (κ3) is 11.7. The molecule has 5 amide bonds. The first-order valence-electron chi connectivity index (χ1n) is 10.9. The van der Waals surface area contributed by atoms with Gasteiger partial charge in [-0.05, 0) is 22.9 Å². The van der Waals surface area contributed by atoms with Crippen molar-refractivity contribution < 1.29 is 33.6 Å². The highest BCUT2D eigenvalue weighted by Crippen LogP contribution is 2.29. The molecule has 1 fully saturated rings. The van der Waals surface area contributed by atoms with Crippen LogP contribution >= 0.6 is 21.6 Å². The number of imide groups is 1. The Morgan fingerprint density at radius 2 is 1.43 bits per heavy atom. The zero-order chi connectivity index (χ0) is 25.5. The minimum atomic E-state index is -0.810. The summed E-state index contributed by atoms with van der Waals surface area (Å²) in [5.41, 5.74) is 0. The van der Waals surface area contributed by atoms with Gasteiger partial charge in [-0.15, -0.1) is 5.06 Å². The van der Waals surface area contributed by atoms with Crippen LogP contribution in [0.3, 0.4) is 0 Å². The van der Waals surface area contributed by atoms with Crippen molar-refractivity contribution in [1.29, 1.82) is 0 Å². The molecule has 35 heavy (non-hydrogen) atoms. The summed E-state index contributed by atoms with van der Waals surface area (Å²) in [6.45, 7) is 0.257. The summed E-state index contributed by atoms with van der Waals surface area (Å²) in [7, 11) is 3.02. The minimum Gasteiger partial charge on any atom is -0.356 e. The van der Waals surface area contributed by atoms with Gasteiger partial charge in [-0.2, -0.15) is 0 Å². The maximum Gasteiger partial charge on any atom is 0.334 e. The second-order valence-electron chi connectivity index (χ2n) is 7.17. The standard InChI is InChI=1S/C21H27N5O7S2/c27-15(7-12-23-17(29)9-14-34-35-18-3-1-2-10-25-18)22-11-6-16(28)24-13-8-21(32)33-26-19(30)4-5-20(26)31/h1-3,10H,4-9,11-14H2,(H,22,27)(H,23,29)(H,24,28). The van der Waals surface area contributed by atoms with Crippen molar-refractivity contribution in [3.05, 3.63) is 24.4 Å². The number of carbonyl (C=O) groups excluding carboxylic acids is 6. The Hall–Kier alpha value is -3.13. The summed E-state index contributed by atoms with van der Waals surface area (Å²) in [6, 6.07) is 5.62. The van der Waals surface area contributed by atoms with Crippen molar-refractivity contribution in [1.82, 2.24) is 26.0 Å². The van der Waals surface area contributed by atoms with Crippen LogP contribution in [0.1, 0.15) is 38.5 Å². The molecular weight excluding hydrogens is 498 g/mol. The Kier molecular flexibility index (Phi) is 12.6. The highest BCUT2D eigenvalue weighted by Gasteiger charge is 2.32. The van der Waals surface area contributed by atoms with Crippen LogP contribution < -0.4 is 16.0 Å². The Morgan fingerprint density at radius 1 is 0.857 bits per heavy atom. The quantitative estimate of drug-likeness (QED) is 0.165. The van der Waals surface area contributed by atoms with Crippen molar-refractivity contribution in [2.24, 2.45) is 0 Å². The van der Waals surface area contributed by atoms with Crippen LogP contribution in [0.5, 0.6) is 0 Å². The molecule has 1 aromatic heterocycles. The Bertz CT molecular complexity index is 901. The van der Waals surface area contributed by atoms with Crippen LogP contribution in [-0.2, 0) is 33.6 Å². The smallest absolute Gasteiger partial charge is 0.334 e. The van der Waals surface area contributed by atoms with E-state index in [4.69, 9.17) is 0 Å². The van der Waals surface area contributed by atoms with Crippen LogP contribution in [0.25, 0.3) is 0 Å². The average molecular weight is 526 g/mol. The number of nitrogens with one attached hydrogen (secondary N) is 3. The van der Waals surface area contributed by atoms with E-state index in [1.807, 2.05) is 18.2 Å². The maximum absolute atomic E-state index is 11.8. The largest absolute Gasteiger partial charge is 0.356 e. The van der Waals surface area contributed by atoms with E-state index in [9.17, 15) is 28.8 Å². The summed E-state index contributed by atoms with van der Waals surface area (Å²) in [5.74, 6) is -2.18. The van der Waals surface area contributed by atoms with Gasteiger partial charge >= 0.3 is 5.97 Å². The summed E-state index contributed by atoms with van der Waals surface area (Å²) < 4.78 is 0. The monoisotopic (exact) mass is 525 g/mol. The predicted octanol–water partition coefficient (Wildman–Crippen LogP) is 0.338. The molecule has 2 heterocycles. The second kappa shape index (κ2) is 15.7. The van der Waals surface area contributed by atoms with Crippen molar-refractivity contribution in [2.45, 2.75) is 43.6 Å². The summed E-state index contributed by atoms with van der Waals surface area (Å²) in [4.78, 5) is 78.7. The van der Waals surface area contributed by atoms with E-state index in [0.29, 0.717) is 17.2 Å². The van der Waals surface area contributed by atoms with Crippen molar-refractivity contribution in [3.63, 3.8) is 0 Å². The highest BCUT2D eigenvalue weighted by molar-refractivity contribution is 8.76. The number of carbonyl (C=O) groups is 6. The molecule has 1 aliphatic rings. The van der Waals surface area contributed by atoms with E-state index in [0.717, 1.165) is 5.03 Å². The molecule has 1 aromatic rings. The lowest BCUT2D eigenvalue weighted by Crippen LogP contribution is -2.35. The van der Waals surface area contributed by atoms with E-state index in [2.05, 4.69) is 25.8 Å². The molecule has 1 aliphatic heterocycles. The molecule has 190 valence electrons. The van der Waals surface area contributed by atoms with E-state index in [-0.39, 0.29) is 69.5 Å². The fraction of sp³-hybridized carbons (Fsp3) is 0.476. The predicted molar refractivity (Wildman–Crippen MR) is 127 cm³/mol. The van der Waals surface area contributed by atoms with Gasteiger partial charge in [-0.1, -0.05) is 16.9 Å². The van der Waals surface area contributed by atoms with Gasteiger partial charge in [-0.25, -0.2) is 9.78 Å². The van der Waals surface area contributed by atoms with Crippen LogP contribution in [0.15, 0.2) is 29.4 Å². The fourth-order valence-electron chi connectivity index (χ4n) is 2.64. The third-order valence-electron chi connectivity index (χ3n) is 4.39. The van der Waals surface area contributed by atoms with Gasteiger partial charge in [0.2, 0.25) is 17.7 Å². The molecule has 14 heteroatoms. The molecule has 0 radical (unpaired) electrons. The van der Waals surface area contributed by atoms with Crippen LogP contribution in [0.2, 0.25) is 0 Å². The molecule has 0 aromatic carbocycles. The Labute approximate surface area is 210 Å². The van der Waals surface area contributed by atoms with Crippen LogP contribution in [-0.4, -0.2) is 70.9 Å². The number of rotatable bonds is 15. The molecule has 0 unspecified atom stereocenters. The molecular formula is C21H27N5O7S2. The van der Waals surface area contributed by atoms with Gasteiger partial charge < -0.3 is 20.8 Å². The van der Waals surface area contributed by atoms with E-state index in [1.165, 1.54) is 21.6 Å². The van der Waals surface area contributed by atoms with E-state index < -0.39 is 17.8 Å². The van der Waals surface area contributed by atoms with E-state index in [1.54, 1.807) is 6.20 Å². The minimum absolute atomic E-state index is 0.00139. The first-order valence-corrected chi connectivity index (χ1v) is 13.2. The van der Waals surface area contributed by atoms with Crippen molar-refractivity contribution in [2.75, 3.05) is 25.4 Å². The van der Waals surface area contributed by atoms with Gasteiger partial charge in [0, 0.05) is 63.7 Å². The molecule has 0 spiro atoms. The first kappa shape index (κ1) is 28.1. The lowest BCUT2D eigenvalue weighted by molar-refractivity contribution is -0.197. The highest BCUT2D eigenvalue weighted by atomic mass is 33.1. The van der Waals surface area contributed by atoms with Gasteiger partial charge in [0.05, 0.1) is 6.42 Å². The van der Waals surface area contributed by atoms with Crippen LogP contribution in [0.4, 0.5) is 0 Å². The molecule has 12 nitrogen and oxygen atoms in total. The average Bonchev–Trinajstić information content (AvgIpc) is 3.14. The Morgan fingerprint density at radius 3 is 2.00 bits per heavy atom. The zero-order valence-corrected chi connectivity index (χ0v) is 20.6. The molecule has 0 atom stereocenters. The van der Waals surface area contributed by atoms with Gasteiger partial charge in [-0.3, -0.25) is 24.0 Å². The van der Waals surface area contributed by atoms with Crippen LogP contribution in [0, 0.1) is 0 Å². The summed E-state index contributed by atoms with van der Waals surface area (Å²) in [5, 5.41) is 9.06. The number of aromatic nitrogens is 1. The fourth-order valence-corrected chi connectivity index (χ4v) is 4.51. The Balaban J connectivity index is 1.43. The number of hydroxylamine groups is 2. The lowest BCUT2D eigenvalue weighted by atomic mass is 10.3. The molecule has 1 saturated heterocycles. The normalized spacial score (nSPS) is 12.9. The van der Waals surface area contributed by atoms with Gasteiger partial charge in [0.15, 0.2) is 0 Å². The second-order valence-corrected chi connectivity index (χ2v) is 9.60. The molecule has 0 saturated carbocycles. The molecule has 0 aliphatic carbocycles. The summed E-state index contributed by atoms with van der Waals surface area (Å²) >= 11 is 0. The van der Waals surface area contributed by atoms with E-state index >= 15 is 0 Å².